The average Bonchev–Trinajstić information content (AvgIpc) is 3.40. The fourth-order valence-electron chi connectivity index (χ4n) is 4.90. The van der Waals surface area contributed by atoms with E-state index in [0.717, 1.165) is 60.3 Å². The Morgan fingerprint density at radius 3 is 2.97 bits per heavy atom. The molecule has 35 heavy (non-hydrogen) atoms. The molecule has 1 fully saturated rings. The molecule has 0 radical (unpaired) electrons. The van der Waals surface area contributed by atoms with E-state index < -0.39 is 5.97 Å². The number of thiophene rings is 1. The molecule has 188 valence electrons. The Morgan fingerprint density at radius 2 is 2.23 bits per heavy atom. The number of aliphatic carboxylic acids is 1. The number of likely N-dealkylation sites (tertiary alicyclic amines) is 1. The van der Waals surface area contributed by atoms with E-state index in [4.69, 9.17) is 9.57 Å². The number of hydroxylamine groups is 1. The van der Waals surface area contributed by atoms with Crippen molar-refractivity contribution in [2.45, 2.75) is 29.5 Å². The van der Waals surface area contributed by atoms with Gasteiger partial charge in [0.1, 0.15) is 5.75 Å². The second kappa shape index (κ2) is 12.7. The van der Waals surface area contributed by atoms with Crippen LogP contribution in [0.25, 0.3) is 10.9 Å². The zero-order chi connectivity index (χ0) is 24.6. The van der Waals surface area contributed by atoms with Crippen LogP contribution in [0.4, 0.5) is 0 Å². The maximum absolute atomic E-state index is 12.2. The van der Waals surface area contributed by atoms with Gasteiger partial charge < -0.3 is 19.6 Å². The lowest BCUT2D eigenvalue weighted by Gasteiger charge is -2.37. The number of hydrogen-bond acceptors (Lipinski definition) is 8. The van der Waals surface area contributed by atoms with Crippen molar-refractivity contribution in [1.29, 1.82) is 0 Å². The summed E-state index contributed by atoms with van der Waals surface area (Å²) in [7, 11) is 3.27. The minimum absolute atomic E-state index is 0.0766. The van der Waals surface area contributed by atoms with Gasteiger partial charge in [-0.2, -0.15) is 5.48 Å². The summed E-state index contributed by atoms with van der Waals surface area (Å²) in [6.45, 7) is 2.47. The molecule has 4 rings (SSSR count). The first-order valence-electron chi connectivity index (χ1n) is 11.9. The first-order chi connectivity index (χ1) is 17.1. The average molecular weight is 516 g/mol. The number of nitrogens with zero attached hydrogens (tertiary/aromatic N) is 2. The van der Waals surface area contributed by atoms with E-state index in [9.17, 15) is 9.90 Å². The van der Waals surface area contributed by atoms with E-state index in [2.05, 4.69) is 32.9 Å². The molecule has 2 N–H and O–H groups in total. The molecular weight excluding hydrogens is 482 g/mol. The van der Waals surface area contributed by atoms with E-state index in [1.165, 1.54) is 4.21 Å². The number of piperidine rings is 1. The number of pyridine rings is 1. The largest absolute Gasteiger partial charge is 0.497 e. The highest BCUT2D eigenvalue weighted by atomic mass is 32.2. The Bertz CT molecular complexity index is 1100. The van der Waals surface area contributed by atoms with Gasteiger partial charge in [0.15, 0.2) is 0 Å². The van der Waals surface area contributed by atoms with Crippen LogP contribution in [0, 0.1) is 11.8 Å². The number of fused-ring (bicyclic) bond motifs is 1. The van der Waals surface area contributed by atoms with Crippen molar-refractivity contribution in [3.8, 4) is 5.75 Å². The van der Waals surface area contributed by atoms with Gasteiger partial charge in [-0.15, -0.1) is 23.1 Å². The predicted molar refractivity (Wildman–Crippen MR) is 141 cm³/mol. The van der Waals surface area contributed by atoms with Gasteiger partial charge in [0.2, 0.25) is 0 Å². The summed E-state index contributed by atoms with van der Waals surface area (Å²) in [5.74, 6) is 0.848. The van der Waals surface area contributed by atoms with Crippen LogP contribution in [0.15, 0.2) is 52.2 Å². The highest BCUT2D eigenvalue weighted by molar-refractivity contribution is 8.01. The lowest BCUT2D eigenvalue weighted by Crippen LogP contribution is -2.44. The Hall–Kier alpha value is -2.17. The predicted octanol–water partition coefficient (Wildman–Crippen LogP) is 5.09. The number of ether oxygens (including phenoxy) is 1. The number of hydrogen-bond donors (Lipinski definition) is 2. The number of carbonyl (C=O) groups is 1. The topological polar surface area (TPSA) is 83.9 Å². The summed E-state index contributed by atoms with van der Waals surface area (Å²) in [6, 6.07) is 12.0. The molecule has 1 aromatic carbocycles. The number of aromatic nitrogens is 1. The summed E-state index contributed by atoms with van der Waals surface area (Å²) in [5, 5.41) is 13.1. The Labute approximate surface area is 214 Å². The summed E-state index contributed by atoms with van der Waals surface area (Å²) < 4.78 is 6.73. The standard InChI is InChI=1S/C26H33N3O4S2/c1-32-19-6-8-23-21(16-19)20(9-11-27-23)24(28-33-2)7-5-18-10-12-29(17-22(18)26(30)31)13-15-35-25-4-3-14-34-25/h3-4,6,8-9,11,14,16,18,22,24,28H,5,7,10,12-13,15,17H2,1-2H3,(H,30,31)/t18-,22+,24-/m1/s1. The lowest BCUT2D eigenvalue weighted by molar-refractivity contribution is -0.146. The van der Waals surface area contributed by atoms with Crippen LogP contribution in [0.3, 0.4) is 0 Å². The first-order valence-corrected chi connectivity index (χ1v) is 13.8. The highest BCUT2D eigenvalue weighted by Gasteiger charge is 2.34. The SMILES string of the molecule is CON[C@H](CC[C@@H]1CCN(CCSc2cccs2)C[C@@H]1C(=O)O)c1ccnc2ccc(OC)cc12. The highest BCUT2D eigenvalue weighted by Crippen LogP contribution is 2.34. The molecule has 9 heteroatoms. The van der Waals surface area contributed by atoms with Gasteiger partial charge >= 0.3 is 5.97 Å². The molecule has 0 unspecified atom stereocenters. The molecule has 1 saturated heterocycles. The molecule has 7 nitrogen and oxygen atoms in total. The zero-order valence-electron chi connectivity index (χ0n) is 20.2. The number of rotatable bonds is 12. The number of carboxylic acid groups (broad SMARTS) is 1. The van der Waals surface area contributed by atoms with Crippen molar-refractivity contribution in [3.63, 3.8) is 0 Å². The van der Waals surface area contributed by atoms with Crippen molar-refractivity contribution in [2.24, 2.45) is 11.8 Å². The maximum Gasteiger partial charge on any atom is 0.308 e. The van der Waals surface area contributed by atoms with Crippen LogP contribution in [-0.2, 0) is 9.63 Å². The fourth-order valence-corrected chi connectivity index (χ4v) is 6.76. The third kappa shape index (κ3) is 6.74. The van der Waals surface area contributed by atoms with Crippen molar-refractivity contribution in [1.82, 2.24) is 15.4 Å². The first kappa shape index (κ1) is 25.9. The third-order valence-corrected chi connectivity index (χ3v) is 8.86. The maximum atomic E-state index is 12.2. The van der Waals surface area contributed by atoms with Gasteiger partial charge in [0.05, 0.1) is 35.9 Å². The molecule has 1 aliphatic rings. The van der Waals surface area contributed by atoms with Crippen LogP contribution < -0.4 is 10.2 Å². The molecule has 1 aliphatic heterocycles. The van der Waals surface area contributed by atoms with Gasteiger partial charge in [-0.05, 0) is 73.0 Å². The van der Waals surface area contributed by atoms with Crippen molar-refractivity contribution >= 4 is 40.0 Å². The Morgan fingerprint density at radius 1 is 1.34 bits per heavy atom. The summed E-state index contributed by atoms with van der Waals surface area (Å²) in [6.07, 6.45) is 4.28. The number of benzene rings is 1. The second-order valence-corrected chi connectivity index (χ2v) is 11.2. The minimum Gasteiger partial charge on any atom is -0.497 e. The lowest BCUT2D eigenvalue weighted by atomic mass is 9.81. The van der Waals surface area contributed by atoms with Crippen molar-refractivity contribution in [3.05, 3.63) is 53.5 Å². The second-order valence-electron chi connectivity index (χ2n) is 8.81. The van der Waals surface area contributed by atoms with E-state index in [1.54, 1.807) is 31.8 Å². The third-order valence-electron chi connectivity index (χ3n) is 6.75. The number of carboxylic acids is 1. The molecule has 0 bridgehead atoms. The Kier molecular flexibility index (Phi) is 9.39. The monoisotopic (exact) mass is 515 g/mol. The molecule has 3 atom stereocenters. The summed E-state index contributed by atoms with van der Waals surface area (Å²) in [4.78, 5) is 24.3. The quantitative estimate of drug-likeness (QED) is 0.255. The van der Waals surface area contributed by atoms with Crippen molar-refractivity contribution in [2.75, 3.05) is 39.6 Å². The molecular formula is C26H33N3O4S2. The van der Waals surface area contributed by atoms with E-state index in [1.807, 2.05) is 36.0 Å². The van der Waals surface area contributed by atoms with Crippen LogP contribution in [0.2, 0.25) is 0 Å². The summed E-state index contributed by atoms with van der Waals surface area (Å²) >= 11 is 3.60. The number of nitrogens with one attached hydrogen (secondary N) is 1. The van der Waals surface area contributed by atoms with Crippen LogP contribution in [-0.4, -0.2) is 60.6 Å². The molecule has 0 saturated carbocycles. The van der Waals surface area contributed by atoms with Gasteiger partial charge in [-0.1, -0.05) is 6.07 Å². The van der Waals surface area contributed by atoms with Gasteiger partial charge in [0.25, 0.3) is 0 Å². The minimum atomic E-state index is -0.694. The van der Waals surface area contributed by atoms with E-state index in [0.29, 0.717) is 6.54 Å². The molecule has 3 heterocycles. The smallest absolute Gasteiger partial charge is 0.308 e. The Balaban J connectivity index is 1.40. The zero-order valence-corrected chi connectivity index (χ0v) is 21.8. The normalized spacial score (nSPS) is 19.6. The van der Waals surface area contributed by atoms with E-state index in [-0.39, 0.29) is 17.9 Å². The van der Waals surface area contributed by atoms with Crippen LogP contribution >= 0.6 is 23.1 Å². The molecule has 2 aromatic heterocycles. The summed E-state index contributed by atoms with van der Waals surface area (Å²) in [5.41, 5.74) is 5.10. The number of thioether (sulfide) groups is 1. The van der Waals surface area contributed by atoms with Crippen LogP contribution in [0.1, 0.15) is 30.9 Å². The molecule has 3 aromatic rings. The van der Waals surface area contributed by atoms with Gasteiger partial charge in [-0.25, -0.2) is 0 Å². The van der Waals surface area contributed by atoms with Gasteiger partial charge in [-0.3, -0.25) is 9.78 Å². The fraction of sp³-hybridized carbons (Fsp3) is 0.462. The molecule has 0 spiro atoms. The van der Waals surface area contributed by atoms with Crippen LogP contribution in [0.5, 0.6) is 5.75 Å². The number of methoxy groups -OCH3 is 1. The molecule has 0 amide bonds. The molecule has 0 aliphatic carbocycles. The van der Waals surface area contributed by atoms with Gasteiger partial charge in [0, 0.05) is 30.4 Å². The van der Waals surface area contributed by atoms with E-state index >= 15 is 0 Å². The van der Waals surface area contributed by atoms with Crippen molar-refractivity contribution < 1.29 is 19.5 Å².